The lowest BCUT2D eigenvalue weighted by Crippen LogP contribution is -2.53. The average molecular weight is 503 g/mol. The van der Waals surface area contributed by atoms with Gasteiger partial charge in [0.2, 0.25) is 5.91 Å². The minimum absolute atomic E-state index is 0.0113. The molecule has 2 amide bonds. The van der Waals surface area contributed by atoms with Gasteiger partial charge in [0, 0.05) is 24.9 Å². The van der Waals surface area contributed by atoms with Crippen molar-refractivity contribution in [1.29, 1.82) is 0 Å². The van der Waals surface area contributed by atoms with E-state index >= 15 is 0 Å². The van der Waals surface area contributed by atoms with Gasteiger partial charge in [0.15, 0.2) is 0 Å². The molecule has 4 aliphatic rings. The molecule has 9 heteroatoms. The quantitative estimate of drug-likeness (QED) is 0.378. The highest BCUT2D eigenvalue weighted by atomic mass is 35.5. The zero-order valence-electron chi connectivity index (χ0n) is 18.6. The SMILES string of the molecule is O=C1OCCC=C[C@@H]2S[C@]34C=CCN(c5ccccc5Cl)C(=O)C3N(CCCCO)C(=O)[C@@H]4[C@H]12. The van der Waals surface area contributed by atoms with Gasteiger partial charge in [-0.05, 0) is 31.4 Å². The van der Waals surface area contributed by atoms with E-state index in [0.29, 0.717) is 43.1 Å². The first-order chi connectivity index (χ1) is 16.5. The molecule has 0 aliphatic carbocycles. The van der Waals surface area contributed by atoms with Crippen LogP contribution in [0.3, 0.4) is 0 Å². The third-order valence-electron chi connectivity index (χ3n) is 7.07. The maximum absolute atomic E-state index is 14.2. The molecule has 1 aromatic carbocycles. The number of aliphatic hydroxyl groups excluding tert-OH is 1. The van der Waals surface area contributed by atoms with E-state index in [9.17, 15) is 19.5 Å². The number of anilines is 1. The number of benzene rings is 1. The van der Waals surface area contributed by atoms with Crippen molar-refractivity contribution in [3.63, 3.8) is 0 Å². The summed E-state index contributed by atoms with van der Waals surface area (Å²) in [6.07, 6.45) is 9.60. The highest BCUT2D eigenvalue weighted by Crippen LogP contribution is 2.61. The third kappa shape index (κ3) is 3.67. The van der Waals surface area contributed by atoms with Crippen LogP contribution in [-0.4, -0.2) is 70.1 Å². The number of rotatable bonds is 5. The number of carbonyl (C=O) groups excluding carboxylic acids is 3. The molecule has 7 nitrogen and oxygen atoms in total. The molecule has 2 fully saturated rings. The van der Waals surface area contributed by atoms with Gasteiger partial charge in [0.1, 0.15) is 6.04 Å². The Bertz CT molecular complexity index is 1060. The maximum Gasteiger partial charge on any atom is 0.311 e. The molecular weight excluding hydrogens is 476 g/mol. The summed E-state index contributed by atoms with van der Waals surface area (Å²) in [4.78, 5) is 44.4. The number of nitrogens with zero attached hydrogens (tertiary/aromatic N) is 2. The smallest absolute Gasteiger partial charge is 0.311 e. The number of hydrogen-bond acceptors (Lipinski definition) is 6. The highest BCUT2D eigenvalue weighted by Gasteiger charge is 2.70. The summed E-state index contributed by atoms with van der Waals surface area (Å²) in [5.74, 6) is -2.13. The molecule has 5 atom stereocenters. The predicted octanol–water partition coefficient (Wildman–Crippen LogP) is 2.82. The van der Waals surface area contributed by atoms with E-state index in [4.69, 9.17) is 16.3 Å². The molecule has 1 aromatic rings. The van der Waals surface area contributed by atoms with Crippen LogP contribution in [0.15, 0.2) is 48.6 Å². The Balaban J connectivity index is 1.60. The standard InChI is InChI=1S/C25H27ClN2O5S/c26-16-8-1-2-9-17(16)27-13-7-11-25-20(19-18(34-25)10-3-6-15-33-24(19)32)22(30)28(12-4-5-14-29)21(25)23(27)31/h1-3,7-11,18-21,29H,4-6,12-15H2/t18-,19+,20-,21?,25-/m0/s1. The second kappa shape index (κ2) is 9.40. The lowest BCUT2D eigenvalue weighted by atomic mass is 9.78. The Labute approximate surface area is 207 Å². The number of aliphatic hydroxyl groups is 1. The minimum atomic E-state index is -0.883. The fourth-order valence-corrected chi connectivity index (χ4v) is 7.87. The van der Waals surface area contributed by atoms with E-state index in [-0.39, 0.29) is 36.2 Å². The molecule has 0 bridgehead atoms. The Morgan fingerprint density at radius 2 is 1.97 bits per heavy atom. The number of hydrogen-bond donors (Lipinski definition) is 1. The van der Waals surface area contributed by atoms with Crippen LogP contribution in [-0.2, 0) is 19.1 Å². The van der Waals surface area contributed by atoms with Gasteiger partial charge >= 0.3 is 5.97 Å². The summed E-state index contributed by atoms with van der Waals surface area (Å²) in [5.41, 5.74) is 0.593. The van der Waals surface area contributed by atoms with Gasteiger partial charge in [0.05, 0.1) is 33.9 Å². The largest absolute Gasteiger partial charge is 0.465 e. The first-order valence-corrected chi connectivity index (χ1v) is 12.9. The molecule has 5 rings (SSSR count). The topological polar surface area (TPSA) is 87.2 Å². The molecule has 2 saturated heterocycles. The summed E-state index contributed by atoms with van der Waals surface area (Å²) < 4.78 is 4.60. The zero-order valence-corrected chi connectivity index (χ0v) is 20.2. The van der Waals surface area contributed by atoms with Crippen LogP contribution >= 0.6 is 23.4 Å². The van der Waals surface area contributed by atoms with Crippen LogP contribution in [0.25, 0.3) is 0 Å². The molecule has 1 N–H and O–H groups in total. The first kappa shape index (κ1) is 23.5. The van der Waals surface area contributed by atoms with Crippen molar-refractivity contribution in [3.05, 3.63) is 53.6 Å². The number of fused-ring (bicyclic) bond motifs is 2. The Kier molecular flexibility index (Phi) is 6.48. The Morgan fingerprint density at radius 3 is 2.76 bits per heavy atom. The molecule has 180 valence electrons. The van der Waals surface area contributed by atoms with Crippen molar-refractivity contribution < 1.29 is 24.2 Å². The van der Waals surface area contributed by atoms with Crippen molar-refractivity contribution in [2.45, 2.75) is 35.3 Å². The second-order valence-electron chi connectivity index (χ2n) is 8.99. The van der Waals surface area contributed by atoms with Crippen LogP contribution in [0.5, 0.6) is 0 Å². The van der Waals surface area contributed by atoms with Gasteiger partial charge in [-0.25, -0.2) is 0 Å². The molecule has 0 radical (unpaired) electrons. The lowest BCUT2D eigenvalue weighted by Gasteiger charge is -2.35. The molecule has 4 aliphatic heterocycles. The first-order valence-electron chi connectivity index (χ1n) is 11.7. The third-order valence-corrected chi connectivity index (χ3v) is 9.13. The normalized spacial score (nSPS) is 32.6. The number of thioether (sulfide) groups is 1. The highest BCUT2D eigenvalue weighted by molar-refractivity contribution is 8.02. The van der Waals surface area contributed by atoms with Gasteiger partial charge in [-0.15, -0.1) is 11.8 Å². The predicted molar refractivity (Wildman–Crippen MR) is 131 cm³/mol. The Morgan fingerprint density at radius 1 is 1.15 bits per heavy atom. The number of para-hydroxylation sites is 1. The number of ether oxygens (including phenoxy) is 1. The fraction of sp³-hybridized carbons (Fsp3) is 0.480. The van der Waals surface area contributed by atoms with Gasteiger partial charge in [-0.2, -0.15) is 0 Å². The van der Waals surface area contributed by atoms with Crippen LogP contribution in [0, 0.1) is 11.8 Å². The van der Waals surface area contributed by atoms with Gasteiger partial charge in [-0.1, -0.05) is 48.0 Å². The van der Waals surface area contributed by atoms with E-state index in [2.05, 4.69) is 0 Å². The van der Waals surface area contributed by atoms with E-state index in [0.717, 1.165) is 0 Å². The number of amides is 2. The molecular formula is C25H27ClN2O5S. The fourth-order valence-electron chi connectivity index (χ4n) is 5.63. The maximum atomic E-state index is 14.2. The Hall–Kier alpha value is -2.29. The number of halogens is 1. The number of unbranched alkanes of at least 4 members (excludes halogenated alkanes) is 1. The van der Waals surface area contributed by atoms with Crippen molar-refractivity contribution in [1.82, 2.24) is 4.90 Å². The molecule has 1 spiro atoms. The van der Waals surface area contributed by atoms with E-state index in [1.807, 2.05) is 36.4 Å². The summed E-state index contributed by atoms with van der Waals surface area (Å²) in [7, 11) is 0. The number of likely N-dealkylation sites (tertiary alicyclic amines) is 1. The summed E-state index contributed by atoms with van der Waals surface area (Å²) in [5, 5.41) is 9.50. The van der Waals surface area contributed by atoms with Crippen LogP contribution in [0.2, 0.25) is 5.02 Å². The molecule has 0 saturated carbocycles. The van der Waals surface area contributed by atoms with Crippen LogP contribution < -0.4 is 4.90 Å². The van der Waals surface area contributed by atoms with Crippen molar-refractivity contribution in [2.75, 3.05) is 31.2 Å². The van der Waals surface area contributed by atoms with Crippen molar-refractivity contribution in [2.24, 2.45) is 11.8 Å². The number of carbonyl (C=O) groups is 3. The second-order valence-corrected chi connectivity index (χ2v) is 10.9. The van der Waals surface area contributed by atoms with E-state index in [1.54, 1.807) is 21.9 Å². The molecule has 1 unspecified atom stereocenters. The summed E-state index contributed by atoms with van der Waals surface area (Å²) in [6, 6.07) is 6.39. The monoisotopic (exact) mass is 502 g/mol. The summed E-state index contributed by atoms with van der Waals surface area (Å²) >= 11 is 7.97. The van der Waals surface area contributed by atoms with Gasteiger partial charge < -0.3 is 19.6 Å². The lowest BCUT2D eigenvalue weighted by molar-refractivity contribution is -0.153. The van der Waals surface area contributed by atoms with Crippen molar-refractivity contribution in [3.8, 4) is 0 Å². The molecule has 0 aromatic heterocycles. The molecule has 4 heterocycles. The zero-order chi connectivity index (χ0) is 23.9. The summed E-state index contributed by atoms with van der Waals surface area (Å²) in [6.45, 7) is 0.955. The van der Waals surface area contributed by atoms with E-state index < -0.39 is 22.6 Å². The number of esters is 1. The van der Waals surface area contributed by atoms with Gasteiger partial charge in [0.25, 0.3) is 5.91 Å². The molecule has 34 heavy (non-hydrogen) atoms. The van der Waals surface area contributed by atoms with Crippen LogP contribution in [0.4, 0.5) is 5.69 Å². The van der Waals surface area contributed by atoms with Crippen LogP contribution in [0.1, 0.15) is 19.3 Å². The average Bonchev–Trinajstić information content (AvgIpc) is 3.18. The van der Waals surface area contributed by atoms with Crippen molar-refractivity contribution >= 4 is 46.8 Å². The van der Waals surface area contributed by atoms with Gasteiger partial charge in [-0.3, -0.25) is 14.4 Å². The van der Waals surface area contributed by atoms with E-state index in [1.165, 1.54) is 11.8 Å². The minimum Gasteiger partial charge on any atom is -0.465 e. The number of cyclic esters (lactones) is 1.